The van der Waals surface area contributed by atoms with Crippen LogP contribution < -0.4 is 5.73 Å². The standard InChI is InChI=1S/C16H11ClN2O/c17-13-5-3-12(9-14(13)18)16(20)11-4-6-15-10(8-11)2-1-7-19-15/h1-9H,18H2. The molecule has 0 saturated heterocycles. The van der Waals surface area contributed by atoms with Crippen LogP contribution >= 0.6 is 11.6 Å². The molecule has 3 nitrogen and oxygen atoms in total. The summed E-state index contributed by atoms with van der Waals surface area (Å²) >= 11 is 5.86. The van der Waals surface area contributed by atoms with Gasteiger partial charge in [0.15, 0.2) is 5.78 Å². The molecule has 2 N–H and O–H groups in total. The fourth-order valence-electron chi connectivity index (χ4n) is 2.07. The molecule has 1 heterocycles. The van der Waals surface area contributed by atoms with E-state index in [9.17, 15) is 4.79 Å². The number of aromatic nitrogens is 1. The fraction of sp³-hybridized carbons (Fsp3) is 0. The normalized spacial score (nSPS) is 10.7. The fourth-order valence-corrected chi connectivity index (χ4v) is 2.19. The van der Waals surface area contributed by atoms with E-state index in [0.717, 1.165) is 10.9 Å². The zero-order valence-electron chi connectivity index (χ0n) is 10.5. The summed E-state index contributed by atoms with van der Waals surface area (Å²) in [5.74, 6) is -0.0841. The molecule has 4 heteroatoms. The molecule has 3 aromatic rings. The van der Waals surface area contributed by atoms with Gasteiger partial charge in [-0.3, -0.25) is 9.78 Å². The number of nitrogen functional groups attached to an aromatic ring is 1. The van der Waals surface area contributed by atoms with Crippen LogP contribution in [0.15, 0.2) is 54.7 Å². The number of ketones is 1. The number of fused-ring (bicyclic) bond motifs is 1. The summed E-state index contributed by atoms with van der Waals surface area (Å²) in [7, 11) is 0. The maximum absolute atomic E-state index is 12.4. The number of nitrogens with two attached hydrogens (primary N) is 1. The summed E-state index contributed by atoms with van der Waals surface area (Å²) in [6.45, 7) is 0. The molecule has 0 bridgehead atoms. The predicted octanol–water partition coefficient (Wildman–Crippen LogP) is 3.70. The van der Waals surface area contributed by atoms with Crippen molar-refractivity contribution in [3.63, 3.8) is 0 Å². The Morgan fingerprint density at radius 2 is 1.80 bits per heavy atom. The number of halogens is 1. The number of nitrogens with zero attached hydrogens (tertiary/aromatic N) is 1. The Balaban J connectivity index is 2.05. The van der Waals surface area contributed by atoms with Crippen LogP contribution in [0.3, 0.4) is 0 Å². The smallest absolute Gasteiger partial charge is 0.193 e. The van der Waals surface area contributed by atoms with Crippen molar-refractivity contribution in [1.82, 2.24) is 4.98 Å². The highest BCUT2D eigenvalue weighted by molar-refractivity contribution is 6.33. The Hall–Kier alpha value is -2.39. The Morgan fingerprint density at radius 1 is 1.05 bits per heavy atom. The zero-order valence-corrected chi connectivity index (χ0v) is 11.3. The van der Waals surface area contributed by atoms with Gasteiger partial charge in [-0.25, -0.2) is 0 Å². The second-order valence-electron chi connectivity index (χ2n) is 4.48. The van der Waals surface area contributed by atoms with Crippen molar-refractivity contribution in [2.75, 3.05) is 5.73 Å². The molecule has 0 fully saturated rings. The van der Waals surface area contributed by atoms with Gasteiger partial charge < -0.3 is 5.73 Å². The molecule has 0 atom stereocenters. The first-order valence-corrected chi connectivity index (χ1v) is 6.47. The summed E-state index contributed by atoms with van der Waals surface area (Å²) in [5.41, 5.74) is 8.12. The first-order chi connectivity index (χ1) is 9.65. The lowest BCUT2D eigenvalue weighted by Crippen LogP contribution is -2.02. The van der Waals surface area contributed by atoms with Gasteiger partial charge in [0.1, 0.15) is 0 Å². The van der Waals surface area contributed by atoms with Gasteiger partial charge >= 0.3 is 0 Å². The van der Waals surface area contributed by atoms with E-state index in [-0.39, 0.29) is 5.78 Å². The predicted molar refractivity (Wildman–Crippen MR) is 81.0 cm³/mol. The molecule has 3 rings (SSSR count). The molecule has 0 spiro atoms. The van der Waals surface area contributed by atoms with Crippen LogP contribution in [-0.4, -0.2) is 10.8 Å². The van der Waals surface area contributed by atoms with Gasteiger partial charge in [0, 0.05) is 22.7 Å². The van der Waals surface area contributed by atoms with Crippen LogP contribution in [0.5, 0.6) is 0 Å². The van der Waals surface area contributed by atoms with Crippen LogP contribution in [0.2, 0.25) is 5.02 Å². The second-order valence-corrected chi connectivity index (χ2v) is 4.88. The molecule has 0 aliphatic heterocycles. The van der Waals surface area contributed by atoms with Crippen molar-refractivity contribution in [3.8, 4) is 0 Å². The molecule has 20 heavy (non-hydrogen) atoms. The average molecular weight is 283 g/mol. The minimum absolute atomic E-state index is 0.0841. The zero-order chi connectivity index (χ0) is 14.1. The minimum atomic E-state index is -0.0841. The van der Waals surface area contributed by atoms with E-state index < -0.39 is 0 Å². The van der Waals surface area contributed by atoms with Crippen molar-refractivity contribution < 1.29 is 4.79 Å². The maximum Gasteiger partial charge on any atom is 0.193 e. The highest BCUT2D eigenvalue weighted by Crippen LogP contribution is 2.22. The molecule has 0 amide bonds. The van der Waals surface area contributed by atoms with Crippen molar-refractivity contribution in [3.05, 3.63) is 70.9 Å². The van der Waals surface area contributed by atoms with Crippen LogP contribution in [0.1, 0.15) is 15.9 Å². The van der Waals surface area contributed by atoms with E-state index in [2.05, 4.69) is 4.98 Å². The number of benzene rings is 2. The third-order valence-electron chi connectivity index (χ3n) is 3.12. The molecule has 98 valence electrons. The van der Waals surface area contributed by atoms with Gasteiger partial charge in [0.25, 0.3) is 0 Å². The molecule has 1 aromatic heterocycles. The van der Waals surface area contributed by atoms with E-state index in [1.165, 1.54) is 0 Å². The lowest BCUT2D eigenvalue weighted by Gasteiger charge is -2.05. The third kappa shape index (κ3) is 2.24. The van der Waals surface area contributed by atoms with Crippen LogP contribution in [-0.2, 0) is 0 Å². The Labute approximate surface area is 121 Å². The van der Waals surface area contributed by atoms with Crippen LogP contribution in [0.4, 0.5) is 5.69 Å². The summed E-state index contributed by atoms with van der Waals surface area (Å²) < 4.78 is 0. The Bertz CT molecular complexity index is 814. The molecule has 0 aliphatic carbocycles. The van der Waals surface area contributed by atoms with Crippen molar-refractivity contribution in [1.29, 1.82) is 0 Å². The Morgan fingerprint density at radius 3 is 2.60 bits per heavy atom. The molecule has 0 radical (unpaired) electrons. The lowest BCUT2D eigenvalue weighted by molar-refractivity contribution is 0.103. The molecular formula is C16H11ClN2O. The first kappa shape index (κ1) is 12.6. The summed E-state index contributed by atoms with van der Waals surface area (Å²) in [4.78, 5) is 16.7. The van der Waals surface area contributed by atoms with Crippen LogP contribution in [0.25, 0.3) is 10.9 Å². The average Bonchev–Trinajstić information content (AvgIpc) is 2.49. The van der Waals surface area contributed by atoms with E-state index in [1.807, 2.05) is 24.3 Å². The molecule has 0 saturated carbocycles. The van der Waals surface area contributed by atoms with Gasteiger partial charge in [-0.1, -0.05) is 17.7 Å². The van der Waals surface area contributed by atoms with Crippen LogP contribution in [0, 0.1) is 0 Å². The monoisotopic (exact) mass is 282 g/mol. The second kappa shape index (κ2) is 4.94. The van der Waals surface area contributed by atoms with Gasteiger partial charge in [0.05, 0.1) is 16.2 Å². The number of carbonyl (C=O) groups is 1. The number of rotatable bonds is 2. The Kier molecular flexibility index (Phi) is 3.12. The summed E-state index contributed by atoms with van der Waals surface area (Å²) in [6.07, 6.45) is 1.73. The lowest BCUT2D eigenvalue weighted by atomic mass is 10.0. The molecular weight excluding hydrogens is 272 g/mol. The quantitative estimate of drug-likeness (QED) is 0.576. The highest BCUT2D eigenvalue weighted by atomic mass is 35.5. The number of anilines is 1. The number of carbonyl (C=O) groups excluding carboxylic acids is 1. The van der Waals surface area contributed by atoms with E-state index >= 15 is 0 Å². The summed E-state index contributed by atoms with van der Waals surface area (Å²) in [5, 5.41) is 1.38. The van der Waals surface area contributed by atoms with Crippen molar-refractivity contribution in [2.45, 2.75) is 0 Å². The highest BCUT2D eigenvalue weighted by Gasteiger charge is 2.11. The minimum Gasteiger partial charge on any atom is -0.398 e. The van der Waals surface area contributed by atoms with E-state index in [0.29, 0.717) is 21.8 Å². The molecule has 0 aliphatic rings. The number of hydrogen-bond donors (Lipinski definition) is 1. The third-order valence-corrected chi connectivity index (χ3v) is 3.47. The van der Waals surface area contributed by atoms with Crippen molar-refractivity contribution in [2.24, 2.45) is 0 Å². The van der Waals surface area contributed by atoms with Gasteiger partial charge in [-0.2, -0.15) is 0 Å². The van der Waals surface area contributed by atoms with Gasteiger partial charge in [0.2, 0.25) is 0 Å². The largest absolute Gasteiger partial charge is 0.398 e. The van der Waals surface area contributed by atoms with E-state index in [4.69, 9.17) is 17.3 Å². The molecule has 0 unspecified atom stereocenters. The number of hydrogen-bond acceptors (Lipinski definition) is 3. The van der Waals surface area contributed by atoms with Crippen molar-refractivity contribution >= 4 is 34.0 Å². The molecule has 2 aromatic carbocycles. The maximum atomic E-state index is 12.4. The van der Waals surface area contributed by atoms with Gasteiger partial charge in [-0.05, 0) is 42.5 Å². The summed E-state index contributed by atoms with van der Waals surface area (Å²) in [6, 6.07) is 14.1. The van der Waals surface area contributed by atoms with E-state index in [1.54, 1.807) is 30.5 Å². The SMILES string of the molecule is Nc1cc(C(=O)c2ccc3ncccc3c2)ccc1Cl. The van der Waals surface area contributed by atoms with Gasteiger partial charge in [-0.15, -0.1) is 0 Å². The topological polar surface area (TPSA) is 56.0 Å². The first-order valence-electron chi connectivity index (χ1n) is 6.09. The number of pyridine rings is 1.